The van der Waals surface area contributed by atoms with E-state index in [4.69, 9.17) is 0 Å². The minimum absolute atomic E-state index is 0.577. The molecule has 0 amide bonds. The summed E-state index contributed by atoms with van der Waals surface area (Å²) in [7, 11) is 0. The Labute approximate surface area is 106 Å². The Morgan fingerprint density at radius 2 is 1.76 bits per heavy atom. The maximum Gasteiger partial charge on any atom is 0.00793 e. The molecule has 17 heavy (non-hydrogen) atoms. The molecule has 1 unspecified atom stereocenters. The highest BCUT2D eigenvalue weighted by atomic mass is 14.9. The lowest BCUT2D eigenvalue weighted by Gasteiger charge is -2.23. The summed E-state index contributed by atoms with van der Waals surface area (Å²) in [6.07, 6.45) is 3.96. The highest BCUT2D eigenvalue weighted by molar-refractivity contribution is 5.15. The highest BCUT2D eigenvalue weighted by Crippen LogP contribution is 2.51. The summed E-state index contributed by atoms with van der Waals surface area (Å²) in [5.74, 6) is 0.818. The first-order chi connectivity index (χ1) is 8.12. The monoisotopic (exact) mass is 231 g/mol. The van der Waals surface area contributed by atoms with Crippen molar-refractivity contribution >= 4 is 0 Å². The molecule has 2 rings (SSSR count). The Bertz CT molecular complexity index is 338. The second-order valence-electron chi connectivity index (χ2n) is 5.99. The van der Waals surface area contributed by atoms with Gasteiger partial charge < -0.3 is 5.32 Å². The highest BCUT2D eigenvalue weighted by Gasteiger charge is 2.44. The van der Waals surface area contributed by atoms with Gasteiger partial charge in [-0.25, -0.2) is 0 Å². The van der Waals surface area contributed by atoms with Crippen molar-refractivity contribution in [1.82, 2.24) is 5.32 Å². The fourth-order valence-corrected chi connectivity index (χ4v) is 2.54. The molecule has 1 aromatic carbocycles. The fourth-order valence-electron chi connectivity index (χ4n) is 2.54. The number of hydrogen-bond acceptors (Lipinski definition) is 1. The quantitative estimate of drug-likeness (QED) is 0.788. The van der Waals surface area contributed by atoms with Crippen molar-refractivity contribution in [1.29, 1.82) is 0 Å². The van der Waals surface area contributed by atoms with Crippen LogP contribution in [0.2, 0.25) is 0 Å². The van der Waals surface area contributed by atoms with Gasteiger partial charge in [0.15, 0.2) is 0 Å². The van der Waals surface area contributed by atoms with Crippen molar-refractivity contribution in [2.75, 3.05) is 6.54 Å². The van der Waals surface area contributed by atoms with Crippen LogP contribution in [-0.2, 0) is 6.42 Å². The first-order valence-corrected chi connectivity index (χ1v) is 6.90. The van der Waals surface area contributed by atoms with Gasteiger partial charge in [0.1, 0.15) is 0 Å². The van der Waals surface area contributed by atoms with Crippen LogP contribution < -0.4 is 5.32 Å². The van der Waals surface area contributed by atoms with Crippen LogP contribution in [0.1, 0.15) is 39.2 Å². The number of benzene rings is 1. The molecule has 0 aromatic heterocycles. The number of hydrogen-bond donors (Lipinski definition) is 1. The van der Waals surface area contributed by atoms with Crippen molar-refractivity contribution in [2.45, 2.75) is 46.1 Å². The molecule has 0 saturated heterocycles. The lowest BCUT2D eigenvalue weighted by atomic mass is 9.92. The second-order valence-corrected chi connectivity index (χ2v) is 5.99. The van der Waals surface area contributed by atoms with E-state index in [-0.39, 0.29) is 0 Å². The van der Waals surface area contributed by atoms with Gasteiger partial charge >= 0.3 is 0 Å². The normalized spacial score (nSPS) is 19.3. The van der Waals surface area contributed by atoms with E-state index in [1.807, 2.05) is 0 Å². The third-order valence-electron chi connectivity index (χ3n) is 4.30. The molecule has 1 fully saturated rings. The standard InChI is InChI=1S/C16H25N/c1-13(2)16(9-10-16)12-17-14(3)11-15-7-5-4-6-8-15/h4-8,13-14,17H,9-12H2,1-3H3. The van der Waals surface area contributed by atoms with Crippen LogP contribution in [0.3, 0.4) is 0 Å². The molecule has 0 bridgehead atoms. The molecule has 0 heterocycles. The summed E-state index contributed by atoms with van der Waals surface area (Å²) in [6.45, 7) is 8.20. The minimum atomic E-state index is 0.577. The predicted molar refractivity (Wildman–Crippen MR) is 74.1 cm³/mol. The molecule has 1 aliphatic rings. The average Bonchev–Trinajstić information content (AvgIpc) is 3.09. The Hall–Kier alpha value is -0.820. The van der Waals surface area contributed by atoms with Crippen LogP contribution in [-0.4, -0.2) is 12.6 Å². The molecule has 0 aliphatic heterocycles. The maximum absolute atomic E-state index is 3.72. The van der Waals surface area contributed by atoms with Gasteiger partial charge in [-0.1, -0.05) is 44.2 Å². The summed E-state index contributed by atoms with van der Waals surface area (Å²) >= 11 is 0. The second kappa shape index (κ2) is 5.22. The minimum Gasteiger partial charge on any atom is -0.313 e. The Morgan fingerprint density at radius 3 is 2.29 bits per heavy atom. The predicted octanol–water partition coefficient (Wildman–Crippen LogP) is 3.64. The van der Waals surface area contributed by atoms with Crippen molar-refractivity contribution in [3.05, 3.63) is 35.9 Å². The first kappa shape index (κ1) is 12.6. The zero-order valence-electron chi connectivity index (χ0n) is 11.4. The van der Waals surface area contributed by atoms with Gasteiger partial charge in [-0.2, -0.15) is 0 Å². The number of nitrogens with one attached hydrogen (secondary N) is 1. The molecule has 1 aromatic rings. The van der Waals surface area contributed by atoms with E-state index < -0.39 is 0 Å². The molecular weight excluding hydrogens is 206 g/mol. The van der Waals surface area contributed by atoms with Gasteiger partial charge in [0.25, 0.3) is 0 Å². The van der Waals surface area contributed by atoms with Crippen molar-refractivity contribution < 1.29 is 0 Å². The maximum atomic E-state index is 3.72. The summed E-state index contributed by atoms with van der Waals surface area (Å²) in [6, 6.07) is 11.3. The van der Waals surface area contributed by atoms with E-state index in [0.717, 1.165) is 12.3 Å². The van der Waals surface area contributed by atoms with Crippen LogP contribution in [0, 0.1) is 11.3 Å². The van der Waals surface area contributed by atoms with E-state index in [0.29, 0.717) is 11.5 Å². The summed E-state index contributed by atoms with van der Waals surface area (Å²) in [5, 5.41) is 3.72. The third-order valence-corrected chi connectivity index (χ3v) is 4.30. The van der Waals surface area contributed by atoms with Crippen molar-refractivity contribution in [2.24, 2.45) is 11.3 Å². The summed E-state index contributed by atoms with van der Waals surface area (Å²) in [5.41, 5.74) is 2.05. The number of rotatable bonds is 6. The van der Waals surface area contributed by atoms with Crippen LogP contribution in [0.5, 0.6) is 0 Å². The van der Waals surface area contributed by atoms with Crippen molar-refractivity contribution in [3.8, 4) is 0 Å². The Balaban J connectivity index is 1.77. The topological polar surface area (TPSA) is 12.0 Å². The van der Waals surface area contributed by atoms with Gasteiger partial charge in [0.05, 0.1) is 0 Å². The molecular formula is C16H25N. The van der Waals surface area contributed by atoms with Crippen LogP contribution in [0.4, 0.5) is 0 Å². The largest absolute Gasteiger partial charge is 0.313 e. The molecule has 1 N–H and O–H groups in total. The zero-order valence-corrected chi connectivity index (χ0v) is 11.4. The zero-order chi connectivity index (χ0) is 12.3. The molecule has 1 aliphatic carbocycles. The molecule has 1 saturated carbocycles. The summed E-state index contributed by atoms with van der Waals surface area (Å²) in [4.78, 5) is 0. The average molecular weight is 231 g/mol. The van der Waals surface area contributed by atoms with Gasteiger partial charge in [-0.3, -0.25) is 0 Å². The van der Waals surface area contributed by atoms with Gasteiger partial charge in [0.2, 0.25) is 0 Å². The Kier molecular flexibility index (Phi) is 3.88. The lowest BCUT2D eigenvalue weighted by molar-refractivity contribution is 0.323. The van der Waals surface area contributed by atoms with Gasteiger partial charge in [-0.15, -0.1) is 0 Å². The van der Waals surface area contributed by atoms with Crippen LogP contribution in [0.15, 0.2) is 30.3 Å². The van der Waals surface area contributed by atoms with E-state index >= 15 is 0 Å². The molecule has 0 spiro atoms. The molecule has 1 atom stereocenters. The molecule has 1 heteroatoms. The molecule has 0 radical (unpaired) electrons. The first-order valence-electron chi connectivity index (χ1n) is 6.90. The van der Waals surface area contributed by atoms with E-state index in [1.54, 1.807) is 0 Å². The lowest BCUT2D eigenvalue weighted by Crippen LogP contribution is -2.35. The summed E-state index contributed by atoms with van der Waals surface area (Å²) < 4.78 is 0. The Morgan fingerprint density at radius 1 is 1.12 bits per heavy atom. The van der Waals surface area contributed by atoms with Gasteiger partial charge in [-0.05, 0) is 43.1 Å². The molecule has 1 nitrogen and oxygen atoms in total. The third kappa shape index (κ3) is 3.32. The van der Waals surface area contributed by atoms with Gasteiger partial charge in [0, 0.05) is 12.6 Å². The van der Waals surface area contributed by atoms with E-state index in [1.165, 1.54) is 24.9 Å². The van der Waals surface area contributed by atoms with E-state index in [2.05, 4.69) is 56.4 Å². The molecule has 94 valence electrons. The smallest absolute Gasteiger partial charge is 0.00793 e. The van der Waals surface area contributed by atoms with Crippen LogP contribution in [0.25, 0.3) is 0 Å². The van der Waals surface area contributed by atoms with E-state index in [9.17, 15) is 0 Å². The van der Waals surface area contributed by atoms with Crippen LogP contribution >= 0.6 is 0 Å². The SMILES string of the molecule is CC(Cc1ccccc1)NCC1(C(C)C)CC1. The fraction of sp³-hybridized carbons (Fsp3) is 0.625. The van der Waals surface area contributed by atoms with Crippen molar-refractivity contribution in [3.63, 3.8) is 0 Å².